The van der Waals surface area contributed by atoms with Crippen LogP contribution in [0.15, 0.2) is 24.3 Å². The van der Waals surface area contributed by atoms with Gasteiger partial charge in [0.05, 0.1) is 6.61 Å². The molecule has 1 aromatic rings. The molecule has 0 bridgehead atoms. The fourth-order valence-electron chi connectivity index (χ4n) is 2.01. The van der Waals surface area contributed by atoms with Crippen molar-refractivity contribution in [3.05, 3.63) is 29.8 Å². The highest BCUT2D eigenvalue weighted by molar-refractivity contribution is 5.27. The minimum atomic E-state index is 0.303. The van der Waals surface area contributed by atoms with Gasteiger partial charge in [-0.15, -0.1) is 0 Å². The monoisotopic (exact) mass is 263 g/mol. The van der Waals surface area contributed by atoms with Crippen LogP contribution in [0.2, 0.25) is 0 Å². The van der Waals surface area contributed by atoms with Crippen LogP contribution < -0.4 is 10.1 Å². The Morgan fingerprint density at radius 1 is 1.05 bits per heavy atom. The van der Waals surface area contributed by atoms with E-state index in [0.717, 1.165) is 50.6 Å². The molecular weight excluding hydrogens is 238 g/mol. The molecule has 19 heavy (non-hydrogen) atoms. The summed E-state index contributed by atoms with van der Waals surface area (Å²) in [5.74, 6) is 0.956. The lowest BCUT2D eigenvalue weighted by Gasteiger charge is -2.07. The molecule has 2 N–H and O–H groups in total. The van der Waals surface area contributed by atoms with Crippen LogP contribution in [0.5, 0.6) is 5.75 Å². The zero-order valence-electron chi connectivity index (χ0n) is 11.6. The summed E-state index contributed by atoms with van der Waals surface area (Å²) in [6.45, 7) is 2.04. The van der Waals surface area contributed by atoms with Crippen molar-refractivity contribution in [3.63, 3.8) is 0 Å². The van der Waals surface area contributed by atoms with Crippen molar-refractivity contribution in [3.8, 4) is 5.75 Å². The van der Waals surface area contributed by atoms with E-state index in [0.29, 0.717) is 6.61 Å². The average Bonchev–Trinajstić information content (AvgIpc) is 3.26. The van der Waals surface area contributed by atoms with Gasteiger partial charge in [0.25, 0.3) is 0 Å². The molecule has 0 atom stereocenters. The molecule has 1 aliphatic carbocycles. The number of hydrogen-bond donors (Lipinski definition) is 2. The number of hydrogen-bond acceptors (Lipinski definition) is 3. The topological polar surface area (TPSA) is 41.5 Å². The van der Waals surface area contributed by atoms with Crippen LogP contribution in [0, 0.1) is 0 Å². The highest BCUT2D eigenvalue weighted by Gasteiger charge is 2.19. The third kappa shape index (κ3) is 6.08. The second kappa shape index (κ2) is 8.18. The lowest BCUT2D eigenvalue weighted by molar-refractivity contribution is 0.273. The Morgan fingerprint density at radius 2 is 1.79 bits per heavy atom. The molecule has 0 amide bonds. The lowest BCUT2D eigenvalue weighted by atomic mass is 10.2. The van der Waals surface area contributed by atoms with Crippen LogP contribution >= 0.6 is 0 Å². The van der Waals surface area contributed by atoms with Crippen molar-refractivity contribution in [1.82, 2.24) is 5.32 Å². The summed E-state index contributed by atoms with van der Waals surface area (Å²) >= 11 is 0. The second-order valence-corrected chi connectivity index (χ2v) is 5.29. The third-order valence-electron chi connectivity index (χ3n) is 3.42. The molecule has 1 fully saturated rings. The van der Waals surface area contributed by atoms with Crippen LogP contribution in [-0.2, 0) is 6.54 Å². The van der Waals surface area contributed by atoms with E-state index < -0.39 is 0 Å². The molecule has 0 heterocycles. The Morgan fingerprint density at radius 3 is 2.47 bits per heavy atom. The highest BCUT2D eigenvalue weighted by atomic mass is 16.5. The normalized spacial score (nSPS) is 14.6. The van der Waals surface area contributed by atoms with Crippen molar-refractivity contribution < 1.29 is 9.84 Å². The van der Waals surface area contributed by atoms with Gasteiger partial charge in [0.1, 0.15) is 5.75 Å². The maximum absolute atomic E-state index is 8.67. The van der Waals surface area contributed by atoms with Crippen molar-refractivity contribution in [1.29, 1.82) is 0 Å². The van der Waals surface area contributed by atoms with Crippen molar-refractivity contribution in [2.45, 2.75) is 51.1 Å². The minimum absolute atomic E-state index is 0.303. The van der Waals surface area contributed by atoms with Gasteiger partial charge in [0.2, 0.25) is 0 Å². The number of ether oxygens (including phenoxy) is 1. The number of aliphatic hydroxyl groups is 1. The van der Waals surface area contributed by atoms with Gasteiger partial charge in [-0.25, -0.2) is 0 Å². The van der Waals surface area contributed by atoms with Gasteiger partial charge in [-0.2, -0.15) is 0 Å². The Labute approximate surface area is 116 Å². The van der Waals surface area contributed by atoms with Crippen molar-refractivity contribution in [2.24, 2.45) is 0 Å². The van der Waals surface area contributed by atoms with E-state index in [2.05, 4.69) is 29.6 Å². The summed E-state index contributed by atoms with van der Waals surface area (Å²) in [6.07, 6.45) is 6.85. The Hall–Kier alpha value is -1.06. The summed E-state index contributed by atoms with van der Waals surface area (Å²) in [4.78, 5) is 0. The molecule has 0 aromatic heterocycles. The zero-order valence-corrected chi connectivity index (χ0v) is 11.6. The molecule has 1 aliphatic rings. The SMILES string of the molecule is OCCCCCCOc1ccc(CNC2CC2)cc1. The first-order valence-corrected chi connectivity index (χ1v) is 7.44. The van der Waals surface area contributed by atoms with E-state index in [1.165, 1.54) is 18.4 Å². The van der Waals surface area contributed by atoms with E-state index in [4.69, 9.17) is 9.84 Å². The number of unbranched alkanes of at least 4 members (excludes halogenated alkanes) is 3. The van der Waals surface area contributed by atoms with Gasteiger partial charge in [0.15, 0.2) is 0 Å². The minimum Gasteiger partial charge on any atom is -0.494 e. The van der Waals surface area contributed by atoms with E-state index in [-0.39, 0.29) is 0 Å². The largest absolute Gasteiger partial charge is 0.494 e. The first kappa shape index (κ1) is 14.4. The fraction of sp³-hybridized carbons (Fsp3) is 0.625. The van der Waals surface area contributed by atoms with Gasteiger partial charge in [-0.05, 0) is 49.8 Å². The predicted molar refractivity (Wildman–Crippen MR) is 77.4 cm³/mol. The molecule has 0 spiro atoms. The first-order chi connectivity index (χ1) is 9.38. The summed E-state index contributed by atoms with van der Waals surface area (Å²) in [6, 6.07) is 9.14. The third-order valence-corrected chi connectivity index (χ3v) is 3.42. The Kier molecular flexibility index (Phi) is 6.18. The van der Waals surface area contributed by atoms with Crippen molar-refractivity contribution in [2.75, 3.05) is 13.2 Å². The summed E-state index contributed by atoms with van der Waals surface area (Å²) in [7, 11) is 0. The average molecular weight is 263 g/mol. The maximum atomic E-state index is 8.67. The van der Waals surface area contributed by atoms with Gasteiger partial charge in [0, 0.05) is 19.2 Å². The van der Waals surface area contributed by atoms with Crippen LogP contribution in [0.1, 0.15) is 44.1 Å². The van der Waals surface area contributed by atoms with Crippen LogP contribution in [-0.4, -0.2) is 24.4 Å². The Balaban J connectivity index is 1.58. The van der Waals surface area contributed by atoms with E-state index >= 15 is 0 Å². The molecule has 0 unspecified atom stereocenters. The molecule has 3 heteroatoms. The lowest BCUT2D eigenvalue weighted by Crippen LogP contribution is -2.15. The number of benzene rings is 1. The smallest absolute Gasteiger partial charge is 0.119 e. The van der Waals surface area contributed by atoms with Gasteiger partial charge < -0.3 is 15.2 Å². The van der Waals surface area contributed by atoms with Crippen LogP contribution in [0.4, 0.5) is 0 Å². The zero-order chi connectivity index (χ0) is 13.3. The van der Waals surface area contributed by atoms with Gasteiger partial charge >= 0.3 is 0 Å². The van der Waals surface area contributed by atoms with Crippen LogP contribution in [0.25, 0.3) is 0 Å². The Bertz CT molecular complexity index is 346. The van der Waals surface area contributed by atoms with Gasteiger partial charge in [-0.1, -0.05) is 18.6 Å². The standard InChI is InChI=1S/C16H25NO2/c18-11-3-1-2-4-12-19-16-9-5-14(6-10-16)13-17-15-7-8-15/h5-6,9-10,15,17-18H,1-4,7-8,11-13H2. The number of rotatable bonds is 10. The number of aliphatic hydroxyl groups excluding tert-OH is 1. The van der Waals surface area contributed by atoms with Crippen molar-refractivity contribution >= 4 is 0 Å². The van der Waals surface area contributed by atoms with E-state index in [9.17, 15) is 0 Å². The highest BCUT2D eigenvalue weighted by Crippen LogP contribution is 2.20. The first-order valence-electron chi connectivity index (χ1n) is 7.44. The molecule has 1 saturated carbocycles. The molecule has 1 aromatic carbocycles. The second-order valence-electron chi connectivity index (χ2n) is 5.29. The van der Waals surface area contributed by atoms with Gasteiger partial charge in [-0.3, -0.25) is 0 Å². The summed E-state index contributed by atoms with van der Waals surface area (Å²) in [5, 5.41) is 12.2. The molecule has 3 nitrogen and oxygen atoms in total. The van der Waals surface area contributed by atoms with Crippen LogP contribution in [0.3, 0.4) is 0 Å². The molecule has 2 rings (SSSR count). The quantitative estimate of drug-likeness (QED) is 0.638. The fourth-order valence-corrected chi connectivity index (χ4v) is 2.01. The maximum Gasteiger partial charge on any atom is 0.119 e. The predicted octanol–water partition coefficient (Wildman–Crippen LogP) is 2.87. The molecule has 106 valence electrons. The molecule has 0 saturated heterocycles. The summed E-state index contributed by atoms with van der Waals surface area (Å²) in [5.41, 5.74) is 1.32. The van der Waals surface area contributed by atoms with E-state index in [1.807, 2.05) is 0 Å². The summed E-state index contributed by atoms with van der Waals surface area (Å²) < 4.78 is 5.70. The molecule has 0 radical (unpaired) electrons. The molecule has 0 aliphatic heterocycles. The number of nitrogens with one attached hydrogen (secondary N) is 1. The molecular formula is C16H25NO2. The van der Waals surface area contributed by atoms with E-state index in [1.54, 1.807) is 0 Å².